The highest BCUT2D eigenvalue weighted by Gasteiger charge is 2.41. The van der Waals surface area contributed by atoms with Gasteiger partial charge in [0.2, 0.25) is 0 Å². The van der Waals surface area contributed by atoms with Crippen LogP contribution in [0.4, 0.5) is 0 Å². The minimum absolute atomic E-state index is 0.284. The van der Waals surface area contributed by atoms with Gasteiger partial charge in [-0.25, -0.2) is 0 Å². The van der Waals surface area contributed by atoms with Crippen LogP contribution in [0.15, 0.2) is 0 Å². The van der Waals surface area contributed by atoms with Gasteiger partial charge >= 0.3 is 0 Å². The molecule has 0 unspecified atom stereocenters. The van der Waals surface area contributed by atoms with Crippen LogP contribution >= 0.6 is 0 Å². The Morgan fingerprint density at radius 1 is 1.15 bits per heavy atom. The lowest BCUT2D eigenvalue weighted by molar-refractivity contribution is 0.00386. The molecular formula is C17H35N3. The molecule has 1 aliphatic heterocycles. The fraction of sp³-hybridized carbons (Fsp3) is 1.00. The summed E-state index contributed by atoms with van der Waals surface area (Å²) >= 11 is 0. The van der Waals surface area contributed by atoms with Crippen LogP contribution in [-0.2, 0) is 0 Å². The molecule has 3 heteroatoms. The number of hydrogen-bond acceptors (Lipinski definition) is 3. The van der Waals surface area contributed by atoms with Crippen molar-refractivity contribution in [1.82, 2.24) is 9.80 Å². The number of likely N-dealkylation sites (N-methyl/N-ethyl adjacent to an activating group) is 1. The van der Waals surface area contributed by atoms with Crippen LogP contribution in [-0.4, -0.2) is 55.1 Å². The van der Waals surface area contributed by atoms with E-state index in [-0.39, 0.29) is 5.54 Å². The lowest BCUT2D eigenvalue weighted by atomic mass is 9.71. The molecule has 3 nitrogen and oxygen atoms in total. The van der Waals surface area contributed by atoms with Gasteiger partial charge in [0, 0.05) is 18.1 Å². The number of piperidine rings is 1. The number of nitrogens with zero attached hydrogens (tertiary/aromatic N) is 2. The Balaban J connectivity index is 1.97. The van der Waals surface area contributed by atoms with Gasteiger partial charge in [0.25, 0.3) is 0 Å². The van der Waals surface area contributed by atoms with E-state index in [1.54, 1.807) is 0 Å². The van der Waals surface area contributed by atoms with E-state index >= 15 is 0 Å². The number of nitrogens with two attached hydrogens (primary N) is 1. The third kappa shape index (κ3) is 3.37. The van der Waals surface area contributed by atoms with Crippen LogP contribution in [0.25, 0.3) is 0 Å². The summed E-state index contributed by atoms with van der Waals surface area (Å²) in [6, 6.07) is 0.741. The fourth-order valence-corrected chi connectivity index (χ4v) is 4.31. The molecular weight excluding hydrogens is 246 g/mol. The van der Waals surface area contributed by atoms with Crippen molar-refractivity contribution in [2.24, 2.45) is 17.6 Å². The van der Waals surface area contributed by atoms with Crippen molar-refractivity contribution >= 4 is 0 Å². The van der Waals surface area contributed by atoms with Gasteiger partial charge < -0.3 is 10.6 Å². The lowest BCUT2D eigenvalue weighted by Gasteiger charge is -2.51. The fourth-order valence-electron chi connectivity index (χ4n) is 4.31. The average molecular weight is 281 g/mol. The summed E-state index contributed by atoms with van der Waals surface area (Å²) in [6.45, 7) is 8.07. The molecule has 118 valence electrons. The molecule has 20 heavy (non-hydrogen) atoms. The lowest BCUT2D eigenvalue weighted by Crippen LogP contribution is -2.59. The Labute approximate surface area is 125 Å². The molecule has 0 atom stereocenters. The summed E-state index contributed by atoms with van der Waals surface area (Å²) in [7, 11) is 4.58. The monoisotopic (exact) mass is 281 g/mol. The van der Waals surface area contributed by atoms with Crippen LogP contribution in [0.1, 0.15) is 52.4 Å². The standard InChI is InChI=1S/C17H35N3/c1-14(2)15-5-9-17(13-18,10-6-15)20(4)16-7-11-19(3)12-8-16/h14-16H,5-13,18H2,1-4H3. The van der Waals surface area contributed by atoms with Crippen molar-refractivity contribution in [3.8, 4) is 0 Å². The highest BCUT2D eigenvalue weighted by atomic mass is 15.2. The summed E-state index contributed by atoms with van der Waals surface area (Å²) in [5.41, 5.74) is 6.53. The molecule has 2 rings (SSSR count). The van der Waals surface area contributed by atoms with Crippen LogP contribution in [0, 0.1) is 11.8 Å². The first-order valence-corrected chi connectivity index (χ1v) is 8.60. The molecule has 2 fully saturated rings. The maximum atomic E-state index is 6.24. The van der Waals surface area contributed by atoms with E-state index in [1.165, 1.54) is 51.6 Å². The Morgan fingerprint density at radius 2 is 1.70 bits per heavy atom. The molecule has 0 aromatic carbocycles. The van der Waals surface area contributed by atoms with Gasteiger partial charge in [0.15, 0.2) is 0 Å². The van der Waals surface area contributed by atoms with E-state index in [2.05, 4.69) is 37.7 Å². The highest BCUT2D eigenvalue weighted by Crippen LogP contribution is 2.40. The Kier molecular flexibility index (Phi) is 5.49. The molecule has 1 saturated carbocycles. The molecule has 0 aromatic heterocycles. The second-order valence-electron chi connectivity index (χ2n) is 7.66. The van der Waals surface area contributed by atoms with Crippen molar-refractivity contribution in [2.75, 3.05) is 33.7 Å². The predicted molar refractivity (Wildman–Crippen MR) is 86.9 cm³/mol. The van der Waals surface area contributed by atoms with Crippen molar-refractivity contribution in [1.29, 1.82) is 0 Å². The first kappa shape index (κ1) is 16.3. The van der Waals surface area contributed by atoms with E-state index in [1.807, 2.05) is 0 Å². The van der Waals surface area contributed by atoms with Crippen molar-refractivity contribution in [3.63, 3.8) is 0 Å². The second-order valence-corrected chi connectivity index (χ2v) is 7.66. The zero-order valence-electron chi connectivity index (χ0n) is 14.1. The summed E-state index contributed by atoms with van der Waals surface area (Å²) in [4.78, 5) is 5.13. The van der Waals surface area contributed by atoms with Gasteiger partial charge in [-0.2, -0.15) is 0 Å². The van der Waals surface area contributed by atoms with Crippen molar-refractivity contribution in [2.45, 2.75) is 64.0 Å². The summed E-state index contributed by atoms with van der Waals surface area (Å²) in [6.07, 6.45) is 7.95. The SMILES string of the molecule is CC(C)C1CCC(CN)(N(C)C2CCN(C)CC2)CC1. The van der Waals surface area contributed by atoms with Gasteiger partial charge in [-0.1, -0.05) is 13.8 Å². The molecule has 0 amide bonds. The van der Waals surface area contributed by atoms with E-state index < -0.39 is 0 Å². The number of hydrogen-bond donors (Lipinski definition) is 1. The minimum Gasteiger partial charge on any atom is -0.329 e. The molecule has 0 aromatic rings. The van der Waals surface area contributed by atoms with Gasteiger partial charge in [0.1, 0.15) is 0 Å². The molecule has 1 heterocycles. The highest BCUT2D eigenvalue weighted by molar-refractivity contribution is 4.98. The number of rotatable bonds is 4. The third-order valence-corrected chi connectivity index (χ3v) is 6.27. The van der Waals surface area contributed by atoms with E-state index in [9.17, 15) is 0 Å². The molecule has 0 spiro atoms. The molecule has 0 bridgehead atoms. The average Bonchev–Trinajstić information content (AvgIpc) is 2.47. The third-order valence-electron chi connectivity index (χ3n) is 6.27. The van der Waals surface area contributed by atoms with Crippen molar-refractivity contribution < 1.29 is 0 Å². The zero-order chi connectivity index (χ0) is 14.8. The molecule has 1 saturated heterocycles. The molecule has 2 N–H and O–H groups in total. The maximum absolute atomic E-state index is 6.24. The first-order chi connectivity index (χ1) is 9.48. The normalized spacial score (nSPS) is 34.0. The van der Waals surface area contributed by atoms with E-state index in [4.69, 9.17) is 5.73 Å². The predicted octanol–water partition coefficient (Wildman–Crippen LogP) is 2.56. The smallest absolute Gasteiger partial charge is 0.0331 e. The molecule has 2 aliphatic rings. The van der Waals surface area contributed by atoms with E-state index in [0.717, 1.165) is 24.4 Å². The number of likely N-dealkylation sites (tertiary alicyclic amines) is 1. The molecule has 1 aliphatic carbocycles. The van der Waals surface area contributed by atoms with Crippen LogP contribution in [0.2, 0.25) is 0 Å². The Bertz CT molecular complexity index is 287. The van der Waals surface area contributed by atoms with Crippen LogP contribution < -0.4 is 5.73 Å². The van der Waals surface area contributed by atoms with Gasteiger partial charge in [0.05, 0.1) is 0 Å². The summed E-state index contributed by atoms with van der Waals surface area (Å²) < 4.78 is 0. The Morgan fingerprint density at radius 3 is 2.15 bits per heavy atom. The van der Waals surface area contributed by atoms with Gasteiger partial charge in [-0.05, 0) is 77.5 Å². The van der Waals surface area contributed by atoms with Gasteiger partial charge in [-0.3, -0.25) is 4.90 Å². The Hall–Kier alpha value is -0.120. The van der Waals surface area contributed by atoms with Crippen molar-refractivity contribution in [3.05, 3.63) is 0 Å². The minimum atomic E-state index is 0.284. The zero-order valence-corrected chi connectivity index (χ0v) is 14.1. The van der Waals surface area contributed by atoms with E-state index in [0.29, 0.717) is 0 Å². The summed E-state index contributed by atoms with van der Waals surface area (Å²) in [5.74, 6) is 1.75. The second kappa shape index (κ2) is 6.76. The van der Waals surface area contributed by atoms with Crippen LogP contribution in [0.5, 0.6) is 0 Å². The quantitative estimate of drug-likeness (QED) is 0.859. The molecule has 0 radical (unpaired) electrons. The van der Waals surface area contributed by atoms with Crippen LogP contribution in [0.3, 0.4) is 0 Å². The largest absolute Gasteiger partial charge is 0.329 e. The first-order valence-electron chi connectivity index (χ1n) is 8.60. The van der Waals surface area contributed by atoms with Gasteiger partial charge in [-0.15, -0.1) is 0 Å². The topological polar surface area (TPSA) is 32.5 Å². The maximum Gasteiger partial charge on any atom is 0.0331 e. The summed E-state index contributed by atoms with van der Waals surface area (Å²) in [5, 5.41) is 0.